The lowest BCUT2D eigenvalue weighted by Gasteiger charge is -2.25. The predicted molar refractivity (Wildman–Crippen MR) is 66.1 cm³/mol. The van der Waals surface area contributed by atoms with Crippen molar-refractivity contribution in [2.24, 2.45) is 11.7 Å². The van der Waals surface area contributed by atoms with Crippen molar-refractivity contribution in [3.63, 3.8) is 0 Å². The third-order valence-corrected chi connectivity index (χ3v) is 3.80. The molecule has 2 atom stereocenters. The zero-order valence-corrected chi connectivity index (χ0v) is 10.0. The number of fused-ring (bicyclic) bond motifs is 1. The Kier molecular flexibility index (Phi) is 3.04. The van der Waals surface area contributed by atoms with Crippen LogP contribution >= 0.6 is 0 Å². The number of hydrogen-bond acceptors (Lipinski definition) is 3. The highest BCUT2D eigenvalue weighted by Gasteiger charge is 2.27. The van der Waals surface area contributed by atoms with Crippen LogP contribution in [0.1, 0.15) is 30.0 Å². The molecule has 17 heavy (non-hydrogen) atoms. The van der Waals surface area contributed by atoms with Gasteiger partial charge in [-0.1, -0.05) is 18.2 Å². The second-order valence-electron chi connectivity index (χ2n) is 4.94. The Balaban J connectivity index is 1.91. The first-order chi connectivity index (χ1) is 8.36. The summed E-state index contributed by atoms with van der Waals surface area (Å²) in [6.07, 6.45) is 3.28. The summed E-state index contributed by atoms with van der Waals surface area (Å²) >= 11 is 0. The summed E-state index contributed by atoms with van der Waals surface area (Å²) < 4.78 is 11.2. The number of ether oxygens (including phenoxy) is 2. The highest BCUT2D eigenvalue weighted by atomic mass is 16.5. The first-order valence-electron chi connectivity index (χ1n) is 6.44. The van der Waals surface area contributed by atoms with Crippen LogP contribution in [0.5, 0.6) is 5.75 Å². The van der Waals surface area contributed by atoms with Crippen molar-refractivity contribution in [1.82, 2.24) is 0 Å². The summed E-state index contributed by atoms with van der Waals surface area (Å²) in [6.45, 7) is 2.44. The minimum atomic E-state index is 0.0468. The van der Waals surface area contributed by atoms with E-state index in [-0.39, 0.29) is 6.04 Å². The Morgan fingerprint density at radius 2 is 2.24 bits per heavy atom. The Hall–Kier alpha value is -1.06. The van der Waals surface area contributed by atoms with Gasteiger partial charge >= 0.3 is 0 Å². The van der Waals surface area contributed by atoms with E-state index < -0.39 is 0 Å². The van der Waals surface area contributed by atoms with E-state index in [0.29, 0.717) is 5.92 Å². The van der Waals surface area contributed by atoms with Gasteiger partial charge in [0, 0.05) is 24.1 Å². The summed E-state index contributed by atoms with van der Waals surface area (Å²) in [6, 6.07) is 6.40. The summed E-state index contributed by atoms with van der Waals surface area (Å²) in [5, 5.41) is 0. The van der Waals surface area contributed by atoms with Crippen LogP contribution in [-0.2, 0) is 11.2 Å². The van der Waals surface area contributed by atoms with Gasteiger partial charge in [0.1, 0.15) is 5.75 Å². The highest BCUT2D eigenvalue weighted by molar-refractivity contribution is 5.44. The van der Waals surface area contributed by atoms with Gasteiger partial charge in [0.2, 0.25) is 0 Å². The number of aryl methyl sites for hydroxylation is 1. The van der Waals surface area contributed by atoms with Crippen LogP contribution < -0.4 is 10.5 Å². The molecule has 3 heteroatoms. The largest absolute Gasteiger partial charge is 0.493 e. The fraction of sp³-hybridized carbons (Fsp3) is 0.571. The summed E-state index contributed by atoms with van der Waals surface area (Å²) in [7, 11) is 0. The van der Waals surface area contributed by atoms with Gasteiger partial charge in [0.15, 0.2) is 0 Å². The monoisotopic (exact) mass is 233 g/mol. The molecule has 2 aliphatic heterocycles. The van der Waals surface area contributed by atoms with Crippen LogP contribution in [0.15, 0.2) is 18.2 Å². The molecule has 1 fully saturated rings. The lowest BCUT2D eigenvalue weighted by atomic mass is 9.90. The quantitative estimate of drug-likeness (QED) is 0.850. The van der Waals surface area contributed by atoms with Crippen LogP contribution in [0.4, 0.5) is 0 Å². The Morgan fingerprint density at radius 1 is 1.29 bits per heavy atom. The summed E-state index contributed by atoms with van der Waals surface area (Å²) in [4.78, 5) is 0. The molecule has 1 aromatic carbocycles. The minimum Gasteiger partial charge on any atom is -0.493 e. The zero-order valence-electron chi connectivity index (χ0n) is 10.0. The number of benzene rings is 1. The van der Waals surface area contributed by atoms with E-state index in [9.17, 15) is 0 Å². The maximum Gasteiger partial charge on any atom is 0.127 e. The number of para-hydroxylation sites is 1. The number of rotatable bonds is 2. The van der Waals surface area contributed by atoms with Gasteiger partial charge in [0.05, 0.1) is 13.2 Å². The van der Waals surface area contributed by atoms with E-state index in [2.05, 4.69) is 18.2 Å². The lowest BCUT2D eigenvalue weighted by molar-refractivity contribution is 0.180. The molecule has 0 aliphatic carbocycles. The van der Waals surface area contributed by atoms with Crippen LogP contribution in [0.3, 0.4) is 0 Å². The van der Waals surface area contributed by atoms with Crippen molar-refractivity contribution in [1.29, 1.82) is 0 Å². The number of nitrogens with two attached hydrogens (primary N) is 1. The lowest BCUT2D eigenvalue weighted by Crippen LogP contribution is -2.23. The van der Waals surface area contributed by atoms with Crippen LogP contribution in [0.2, 0.25) is 0 Å². The SMILES string of the molecule is NC(c1cccc2c1OCCC2)C1CCOC1. The molecule has 1 saturated heterocycles. The van der Waals surface area contributed by atoms with E-state index in [4.69, 9.17) is 15.2 Å². The van der Waals surface area contributed by atoms with Crippen molar-refractivity contribution >= 4 is 0 Å². The molecule has 1 aromatic rings. The zero-order chi connectivity index (χ0) is 11.7. The number of hydrogen-bond donors (Lipinski definition) is 1. The van der Waals surface area contributed by atoms with Gasteiger partial charge < -0.3 is 15.2 Å². The first kappa shape index (κ1) is 11.1. The minimum absolute atomic E-state index is 0.0468. The molecule has 0 aromatic heterocycles. The van der Waals surface area contributed by atoms with E-state index in [1.807, 2.05) is 0 Å². The van der Waals surface area contributed by atoms with Crippen LogP contribution in [0, 0.1) is 5.92 Å². The summed E-state index contributed by atoms with van der Waals surface area (Å²) in [5.41, 5.74) is 8.84. The van der Waals surface area contributed by atoms with Gasteiger partial charge in [-0.3, -0.25) is 0 Å². The fourth-order valence-electron chi connectivity index (χ4n) is 2.77. The van der Waals surface area contributed by atoms with E-state index in [1.54, 1.807) is 0 Å². The Morgan fingerprint density at radius 3 is 3.06 bits per heavy atom. The molecule has 2 N–H and O–H groups in total. The standard InChI is InChI=1S/C14H19NO2/c15-13(11-6-8-16-9-11)12-5-1-3-10-4-2-7-17-14(10)12/h1,3,5,11,13H,2,4,6-9,15H2. The second kappa shape index (κ2) is 4.67. The van der Waals surface area contributed by atoms with E-state index in [0.717, 1.165) is 50.4 Å². The molecule has 0 spiro atoms. The van der Waals surface area contributed by atoms with Crippen molar-refractivity contribution in [2.75, 3.05) is 19.8 Å². The molecule has 3 rings (SSSR count). The molecule has 0 amide bonds. The van der Waals surface area contributed by atoms with Crippen LogP contribution in [-0.4, -0.2) is 19.8 Å². The van der Waals surface area contributed by atoms with Gasteiger partial charge in [-0.15, -0.1) is 0 Å². The van der Waals surface area contributed by atoms with Gasteiger partial charge in [-0.25, -0.2) is 0 Å². The second-order valence-corrected chi connectivity index (χ2v) is 4.94. The van der Waals surface area contributed by atoms with Gasteiger partial charge in [-0.2, -0.15) is 0 Å². The molecule has 2 aliphatic rings. The molecule has 2 unspecified atom stereocenters. The Labute approximate surface area is 102 Å². The van der Waals surface area contributed by atoms with Crippen molar-refractivity contribution < 1.29 is 9.47 Å². The maximum absolute atomic E-state index is 6.36. The molecule has 0 bridgehead atoms. The third-order valence-electron chi connectivity index (χ3n) is 3.80. The van der Waals surface area contributed by atoms with Gasteiger partial charge in [-0.05, 0) is 24.8 Å². The fourth-order valence-corrected chi connectivity index (χ4v) is 2.77. The average molecular weight is 233 g/mol. The molecule has 0 radical (unpaired) electrons. The predicted octanol–water partition coefficient (Wildman–Crippen LogP) is 2.05. The highest BCUT2D eigenvalue weighted by Crippen LogP contribution is 2.36. The summed E-state index contributed by atoms with van der Waals surface area (Å²) in [5.74, 6) is 1.48. The third kappa shape index (κ3) is 2.05. The van der Waals surface area contributed by atoms with Crippen LogP contribution in [0.25, 0.3) is 0 Å². The normalized spacial score (nSPS) is 25.1. The maximum atomic E-state index is 6.36. The first-order valence-corrected chi connectivity index (χ1v) is 6.44. The van der Waals surface area contributed by atoms with Crippen molar-refractivity contribution in [3.05, 3.63) is 29.3 Å². The van der Waals surface area contributed by atoms with Crippen molar-refractivity contribution in [2.45, 2.75) is 25.3 Å². The molecule has 92 valence electrons. The van der Waals surface area contributed by atoms with Gasteiger partial charge in [0.25, 0.3) is 0 Å². The topological polar surface area (TPSA) is 44.5 Å². The smallest absolute Gasteiger partial charge is 0.127 e. The van der Waals surface area contributed by atoms with Crippen molar-refractivity contribution in [3.8, 4) is 5.75 Å². The molecular weight excluding hydrogens is 214 g/mol. The molecule has 3 nitrogen and oxygen atoms in total. The molecule has 0 saturated carbocycles. The Bertz CT molecular complexity index is 399. The van der Waals surface area contributed by atoms with E-state index >= 15 is 0 Å². The molecular formula is C14H19NO2. The average Bonchev–Trinajstić information content (AvgIpc) is 2.91. The van der Waals surface area contributed by atoms with E-state index in [1.165, 1.54) is 5.56 Å². The molecule has 2 heterocycles.